The van der Waals surface area contributed by atoms with Gasteiger partial charge >= 0.3 is 6.18 Å². The monoisotopic (exact) mass is 393 g/mol. The zero-order valence-corrected chi connectivity index (χ0v) is 14.9. The van der Waals surface area contributed by atoms with Crippen LogP contribution < -0.4 is 21.1 Å². The predicted molar refractivity (Wildman–Crippen MR) is 95.1 cm³/mol. The van der Waals surface area contributed by atoms with Crippen molar-refractivity contribution in [1.82, 2.24) is 30.8 Å². The van der Waals surface area contributed by atoms with E-state index in [9.17, 15) is 18.0 Å². The van der Waals surface area contributed by atoms with Crippen LogP contribution in [-0.2, 0) is 0 Å². The number of aryl methyl sites for hydroxylation is 1. The third-order valence-corrected chi connectivity index (χ3v) is 4.73. The van der Waals surface area contributed by atoms with E-state index in [-0.39, 0.29) is 25.2 Å². The molecule has 0 bridgehead atoms. The van der Waals surface area contributed by atoms with E-state index in [0.717, 1.165) is 0 Å². The SMILES string of the molecule is Cc1nc2ccc(N3CCC(C(F)(F)F)C3)nn2c1C(=O)NC1=CC=CNN1. The maximum Gasteiger partial charge on any atom is 0.393 e. The number of hydrazine groups is 1. The van der Waals surface area contributed by atoms with Crippen LogP contribution in [0, 0.1) is 12.8 Å². The lowest BCUT2D eigenvalue weighted by Gasteiger charge is -2.19. The van der Waals surface area contributed by atoms with Crippen LogP contribution in [0.3, 0.4) is 0 Å². The Bertz CT molecular complexity index is 979. The molecular formula is C17H18F3N7O. The van der Waals surface area contributed by atoms with E-state index in [2.05, 4.69) is 26.3 Å². The molecule has 1 fully saturated rings. The number of allylic oxidation sites excluding steroid dienone is 2. The van der Waals surface area contributed by atoms with Gasteiger partial charge in [-0.1, -0.05) is 0 Å². The normalized spacial score (nSPS) is 19.4. The van der Waals surface area contributed by atoms with Gasteiger partial charge in [0.25, 0.3) is 5.91 Å². The number of halogens is 3. The van der Waals surface area contributed by atoms with Gasteiger partial charge < -0.3 is 15.6 Å². The number of carbonyl (C=O) groups is 1. The second-order valence-corrected chi connectivity index (χ2v) is 6.64. The summed E-state index contributed by atoms with van der Waals surface area (Å²) in [5.41, 5.74) is 6.67. The lowest BCUT2D eigenvalue weighted by molar-refractivity contribution is -0.168. The molecule has 2 aromatic heterocycles. The second kappa shape index (κ2) is 6.73. The summed E-state index contributed by atoms with van der Waals surface area (Å²) in [6, 6.07) is 3.28. The Morgan fingerprint density at radius 2 is 2.18 bits per heavy atom. The highest BCUT2D eigenvalue weighted by molar-refractivity contribution is 5.95. The summed E-state index contributed by atoms with van der Waals surface area (Å²) in [5.74, 6) is -0.974. The number of amides is 1. The lowest BCUT2D eigenvalue weighted by Crippen LogP contribution is -2.39. The molecule has 3 N–H and O–H groups in total. The Labute approximate surface area is 158 Å². The van der Waals surface area contributed by atoms with Crippen molar-refractivity contribution >= 4 is 17.4 Å². The molecule has 1 unspecified atom stereocenters. The van der Waals surface area contributed by atoms with E-state index >= 15 is 0 Å². The second-order valence-electron chi connectivity index (χ2n) is 6.64. The number of anilines is 1. The van der Waals surface area contributed by atoms with E-state index in [1.807, 2.05) is 0 Å². The molecule has 0 aliphatic carbocycles. The van der Waals surface area contributed by atoms with Crippen molar-refractivity contribution in [1.29, 1.82) is 0 Å². The number of nitrogens with zero attached hydrogens (tertiary/aromatic N) is 4. The maximum absolute atomic E-state index is 13.0. The predicted octanol–water partition coefficient (Wildman–Crippen LogP) is 1.62. The molecule has 1 atom stereocenters. The van der Waals surface area contributed by atoms with Crippen molar-refractivity contribution in [2.24, 2.45) is 5.92 Å². The molecule has 0 spiro atoms. The molecule has 2 aliphatic rings. The molecule has 8 nitrogen and oxygen atoms in total. The summed E-state index contributed by atoms with van der Waals surface area (Å²) in [5, 5.41) is 7.10. The molecular weight excluding hydrogens is 375 g/mol. The quantitative estimate of drug-likeness (QED) is 0.735. The molecule has 0 aromatic carbocycles. The van der Waals surface area contributed by atoms with Gasteiger partial charge in [-0.25, -0.2) is 9.50 Å². The highest BCUT2D eigenvalue weighted by atomic mass is 19.4. The fourth-order valence-electron chi connectivity index (χ4n) is 3.31. The highest BCUT2D eigenvalue weighted by Gasteiger charge is 2.44. The number of hydrogen-bond acceptors (Lipinski definition) is 6. The van der Waals surface area contributed by atoms with Gasteiger partial charge in [-0.2, -0.15) is 13.2 Å². The van der Waals surface area contributed by atoms with Crippen molar-refractivity contribution in [3.63, 3.8) is 0 Å². The minimum Gasteiger partial charge on any atom is -0.355 e. The average Bonchev–Trinajstić information content (AvgIpc) is 3.25. The van der Waals surface area contributed by atoms with Crippen LogP contribution in [0.15, 0.2) is 36.3 Å². The number of rotatable bonds is 3. The van der Waals surface area contributed by atoms with Crippen LogP contribution in [0.5, 0.6) is 0 Å². The number of fused-ring (bicyclic) bond motifs is 1. The summed E-state index contributed by atoms with van der Waals surface area (Å²) in [7, 11) is 0. The third kappa shape index (κ3) is 3.35. The summed E-state index contributed by atoms with van der Waals surface area (Å²) in [6.45, 7) is 1.79. The number of nitrogens with one attached hydrogen (secondary N) is 3. The molecule has 2 aliphatic heterocycles. The van der Waals surface area contributed by atoms with Crippen molar-refractivity contribution in [3.05, 3.63) is 47.7 Å². The van der Waals surface area contributed by atoms with Crippen molar-refractivity contribution < 1.29 is 18.0 Å². The van der Waals surface area contributed by atoms with Crippen LogP contribution in [0.25, 0.3) is 5.65 Å². The Hall–Kier alpha value is -3.24. The Balaban J connectivity index is 1.62. The molecule has 0 saturated carbocycles. The molecule has 1 amide bonds. The van der Waals surface area contributed by atoms with Crippen LogP contribution in [-0.4, -0.2) is 39.8 Å². The smallest absolute Gasteiger partial charge is 0.355 e. The fourth-order valence-corrected chi connectivity index (χ4v) is 3.31. The fraction of sp³-hybridized carbons (Fsp3) is 0.353. The molecule has 4 rings (SSSR count). The van der Waals surface area contributed by atoms with E-state index in [1.54, 1.807) is 42.3 Å². The van der Waals surface area contributed by atoms with Crippen LogP contribution in [0.1, 0.15) is 22.6 Å². The molecule has 148 valence electrons. The number of alkyl halides is 3. The number of imidazole rings is 1. The van der Waals surface area contributed by atoms with E-state index < -0.39 is 18.0 Å². The van der Waals surface area contributed by atoms with Gasteiger partial charge in [-0.15, -0.1) is 5.10 Å². The van der Waals surface area contributed by atoms with Gasteiger partial charge in [-0.3, -0.25) is 10.2 Å². The topological polar surface area (TPSA) is 86.6 Å². The molecule has 4 heterocycles. The number of hydrogen-bond donors (Lipinski definition) is 3. The largest absolute Gasteiger partial charge is 0.393 e. The van der Waals surface area contributed by atoms with Crippen LogP contribution >= 0.6 is 0 Å². The summed E-state index contributed by atoms with van der Waals surface area (Å²) in [6.07, 6.45) is 0.855. The van der Waals surface area contributed by atoms with Crippen LogP contribution in [0.4, 0.5) is 19.0 Å². The van der Waals surface area contributed by atoms with Crippen molar-refractivity contribution in [2.75, 3.05) is 18.0 Å². The average molecular weight is 393 g/mol. The standard InChI is InChI=1S/C17H18F3N7O/c1-10-15(16(28)23-12-3-2-7-21-24-12)27-13(22-10)4-5-14(25-27)26-8-6-11(9-26)17(18,19)20/h2-5,7,11,21,24H,6,8-9H2,1H3,(H,23,28). The van der Waals surface area contributed by atoms with Gasteiger partial charge in [-0.05, 0) is 37.6 Å². The van der Waals surface area contributed by atoms with E-state index in [4.69, 9.17) is 0 Å². The highest BCUT2D eigenvalue weighted by Crippen LogP contribution is 2.35. The van der Waals surface area contributed by atoms with E-state index in [1.165, 1.54) is 4.52 Å². The molecule has 0 radical (unpaired) electrons. The minimum atomic E-state index is -4.22. The Kier molecular flexibility index (Phi) is 4.36. The first kappa shape index (κ1) is 18.1. The van der Waals surface area contributed by atoms with Gasteiger partial charge in [0.15, 0.2) is 11.3 Å². The lowest BCUT2D eigenvalue weighted by atomic mass is 10.1. The summed E-state index contributed by atoms with van der Waals surface area (Å²) >= 11 is 0. The number of aromatic nitrogens is 3. The maximum atomic E-state index is 13.0. The summed E-state index contributed by atoms with van der Waals surface area (Å²) in [4.78, 5) is 18.6. The number of carbonyl (C=O) groups excluding carboxylic acids is 1. The molecule has 1 saturated heterocycles. The minimum absolute atomic E-state index is 0.0276. The van der Waals surface area contributed by atoms with Gasteiger partial charge in [0, 0.05) is 19.3 Å². The molecule has 11 heteroatoms. The van der Waals surface area contributed by atoms with Gasteiger partial charge in [0.1, 0.15) is 11.6 Å². The zero-order valence-electron chi connectivity index (χ0n) is 14.9. The third-order valence-electron chi connectivity index (χ3n) is 4.73. The first-order valence-corrected chi connectivity index (χ1v) is 8.71. The summed E-state index contributed by atoms with van der Waals surface area (Å²) < 4.78 is 40.3. The van der Waals surface area contributed by atoms with E-state index in [0.29, 0.717) is 23.0 Å². The molecule has 2 aromatic rings. The Morgan fingerprint density at radius 3 is 2.86 bits per heavy atom. The molecule has 28 heavy (non-hydrogen) atoms. The van der Waals surface area contributed by atoms with Crippen LogP contribution in [0.2, 0.25) is 0 Å². The van der Waals surface area contributed by atoms with Crippen molar-refractivity contribution in [3.8, 4) is 0 Å². The first-order valence-electron chi connectivity index (χ1n) is 8.71. The Morgan fingerprint density at radius 1 is 1.36 bits per heavy atom. The zero-order chi connectivity index (χ0) is 19.9. The van der Waals surface area contributed by atoms with Gasteiger partial charge in [0.2, 0.25) is 0 Å². The first-order chi connectivity index (χ1) is 13.3. The van der Waals surface area contributed by atoms with Gasteiger partial charge in [0.05, 0.1) is 11.6 Å². The van der Waals surface area contributed by atoms with Crippen molar-refractivity contribution in [2.45, 2.75) is 19.5 Å².